The Morgan fingerprint density at radius 3 is 2.58 bits per heavy atom. The van der Waals surface area contributed by atoms with Gasteiger partial charge in [-0.1, -0.05) is 42.5 Å². The van der Waals surface area contributed by atoms with Gasteiger partial charge >= 0.3 is 11.9 Å². The van der Waals surface area contributed by atoms with E-state index in [0.717, 1.165) is 5.56 Å². The van der Waals surface area contributed by atoms with Crippen molar-refractivity contribution in [3.8, 4) is 22.8 Å². The number of hydrogen-bond acceptors (Lipinski definition) is 7. The number of cyclic esters (lactones) is 1. The molecule has 0 amide bonds. The molecule has 5 rings (SSSR count). The second-order valence-electron chi connectivity index (χ2n) is 9.84. The second kappa shape index (κ2) is 11.1. The summed E-state index contributed by atoms with van der Waals surface area (Å²) in [5.74, 6) is -0.540. The van der Waals surface area contributed by atoms with Gasteiger partial charge in [-0.3, -0.25) is 9.59 Å². The number of ketones is 1. The van der Waals surface area contributed by atoms with Crippen molar-refractivity contribution >= 4 is 23.8 Å². The fraction of sp³-hybridized carbons (Fsp3) is 0.323. The first kappa shape index (κ1) is 25.5. The van der Waals surface area contributed by atoms with Crippen molar-refractivity contribution in [2.24, 2.45) is 0 Å². The molecule has 0 radical (unpaired) electrons. The molecule has 0 spiro atoms. The first-order chi connectivity index (χ1) is 18.4. The first-order valence-corrected chi connectivity index (χ1v) is 13.1. The van der Waals surface area contributed by atoms with Gasteiger partial charge in [0.05, 0.1) is 18.4 Å². The maximum atomic E-state index is 13.3. The molecule has 1 aromatic heterocycles. The fourth-order valence-corrected chi connectivity index (χ4v) is 5.06. The minimum absolute atomic E-state index is 0.0257. The summed E-state index contributed by atoms with van der Waals surface area (Å²) in [5, 5.41) is 11.5. The van der Waals surface area contributed by atoms with Crippen molar-refractivity contribution in [1.82, 2.24) is 0 Å². The number of rotatable bonds is 2. The molecular formula is C31H30O7. The fourth-order valence-electron chi connectivity index (χ4n) is 5.06. The summed E-state index contributed by atoms with van der Waals surface area (Å²) in [5.41, 5.74) is 1.62. The summed E-state index contributed by atoms with van der Waals surface area (Å²) in [4.78, 5) is 38.0. The standard InChI is InChI=1S/C31H30O7/c1-19-9-8-14-22(32)13-7-3-6-12-21-17-26-29(30(34)28(21)31(35)36-19)23(18-27(33)38-26)25-16-15-24(37-25)20-10-4-2-5-11-20/h2,4-6,10-12,15-17,19,23,34H,3,7-9,13-14,18H2,1H3/t19-,23-/m1/s1. The van der Waals surface area contributed by atoms with E-state index < -0.39 is 24.0 Å². The van der Waals surface area contributed by atoms with Crippen molar-refractivity contribution in [3.63, 3.8) is 0 Å². The minimum Gasteiger partial charge on any atom is -0.507 e. The highest BCUT2D eigenvalue weighted by Gasteiger charge is 2.37. The zero-order valence-electron chi connectivity index (χ0n) is 21.3. The van der Waals surface area contributed by atoms with Crippen LogP contribution in [0.25, 0.3) is 17.4 Å². The maximum absolute atomic E-state index is 13.3. The topological polar surface area (TPSA) is 103 Å². The lowest BCUT2D eigenvalue weighted by molar-refractivity contribution is -0.135. The number of allylic oxidation sites excluding steroid dienone is 1. The van der Waals surface area contributed by atoms with Gasteiger partial charge in [-0.15, -0.1) is 0 Å². The van der Waals surface area contributed by atoms with Crippen molar-refractivity contribution in [3.05, 3.63) is 77.1 Å². The molecule has 2 aliphatic heterocycles. The van der Waals surface area contributed by atoms with Crippen LogP contribution < -0.4 is 4.74 Å². The Morgan fingerprint density at radius 1 is 0.974 bits per heavy atom. The van der Waals surface area contributed by atoms with Crippen LogP contribution in [0.4, 0.5) is 0 Å². The summed E-state index contributed by atoms with van der Waals surface area (Å²) < 4.78 is 17.3. The number of carbonyl (C=O) groups excluding carboxylic acids is 3. The highest BCUT2D eigenvalue weighted by molar-refractivity contribution is 5.98. The average Bonchev–Trinajstić information content (AvgIpc) is 3.38. The molecule has 2 aliphatic rings. The number of phenols is 1. The normalized spacial score (nSPS) is 20.6. The Kier molecular flexibility index (Phi) is 7.45. The van der Waals surface area contributed by atoms with Gasteiger partial charge in [0.15, 0.2) is 0 Å². The molecular weight excluding hydrogens is 484 g/mol. The third-order valence-electron chi connectivity index (χ3n) is 7.01. The summed E-state index contributed by atoms with van der Waals surface area (Å²) in [6, 6.07) is 14.8. The van der Waals surface area contributed by atoms with Crippen LogP contribution >= 0.6 is 0 Å². The van der Waals surface area contributed by atoms with Gasteiger partial charge < -0.3 is 19.0 Å². The third kappa shape index (κ3) is 5.42. The Labute approximate surface area is 221 Å². The van der Waals surface area contributed by atoms with Gasteiger partial charge in [0, 0.05) is 24.0 Å². The summed E-state index contributed by atoms with van der Waals surface area (Å²) in [6.07, 6.45) is 6.53. The maximum Gasteiger partial charge on any atom is 0.342 e. The number of hydrogen-bond donors (Lipinski definition) is 1. The lowest BCUT2D eigenvalue weighted by Gasteiger charge is -2.26. The quantitative estimate of drug-likeness (QED) is 0.304. The molecule has 7 nitrogen and oxygen atoms in total. The number of furan rings is 1. The predicted molar refractivity (Wildman–Crippen MR) is 141 cm³/mol. The van der Waals surface area contributed by atoms with Crippen molar-refractivity contribution in [1.29, 1.82) is 0 Å². The van der Waals surface area contributed by atoms with Crippen LogP contribution in [0, 0.1) is 0 Å². The molecule has 0 aliphatic carbocycles. The van der Waals surface area contributed by atoms with E-state index >= 15 is 0 Å². The molecule has 7 heteroatoms. The molecule has 2 aromatic carbocycles. The number of aromatic hydroxyl groups is 1. The van der Waals surface area contributed by atoms with Gasteiger partial charge in [-0.2, -0.15) is 0 Å². The first-order valence-electron chi connectivity index (χ1n) is 13.1. The second-order valence-corrected chi connectivity index (χ2v) is 9.84. The van der Waals surface area contributed by atoms with E-state index in [-0.39, 0.29) is 29.3 Å². The van der Waals surface area contributed by atoms with E-state index in [0.29, 0.717) is 61.2 Å². The van der Waals surface area contributed by atoms with Gasteiger partial charge in [0.1, 0.15) is 34.4 Å². The molecule has 0 saturated carbocycles. The van der Waals surface area contributed by atoms with Crippen LogP contribution in [-0.4, -0.2) is 28.9 Å². The monoisotopic (exact) mass is 514 g/mol. The third-order valence-corrected chi connectivity index (χ3v) is 7.01. The molecule has 0 unspecified atom stereocenters. The summed E-state index contributed by atoms with van der Waals surface area (Å²) in [6.45, 7) is 1.78. The molecule has 3 heterocycles. The van der Waals surface area contributed by atoms with Crippen molar-refractivity contribution < 1.29 is 33.4 Å². The molecule has 38 heavy (non-hydrogen) atoms. The molecule has 1 N–H and O–H groups in total. The van der Waals surface area contributed by atoms with E-state index in [1.165, 1.54) is 0 Å². The van der Waals surface area contributed by atoms with Crippen LogP contribution in [0.3, 0.4) is 0 Å². The van der Waals surface area contributed by atoms with Crippen molar-refractivity contribution in [2.75, 3.05) is 0 Å². The van der Waals surface area contributed by atoms with Crippen LogP contribution in [-0.2, 0) is 14.3 Å². The lowest BCUT2D eigenvalue weighted by atomic mass is 9.86. The van der Waals surface area contributed by atoms with Gasteiger partial charge in [-0.25, -0.2) is 4.79 Å². The minimum atomic E-state index is -0.666. The van der Waals surface area contributed by atoms with E-state index in [1.54, 1.807) is 25.1 Å². The van der Waals surface area contributed by atoms with E-state index in [9.17, 15) is 19.5 Å². The zero-order valence-corrected chi connectivity index (χ0v) is 21.3. The number of carbonyl (C=O) groups is 3. The van der Waals surface area contributed by atoms with E-state index in [1.807, 2.05) is 42.5 Å². The predicted octanol–water partition coefficient (Wildman–Crippen LogP) is 6.58. The number of ether oxygens (including phenoxy) is 2. The molecule has 0 bridgehead atoms. The lowest BCUT2D eigenvalue weighted by Crippen LogP contribution is -2.23. The number of benzene rings is 2. The number of Topliss-reactive ketones (excluding diaryl/α,β-unsaturated/α-hetero) is 1. The Morgan fingerprint density at radius 2 is 1.76 bits per heavy atom. The van der Waals surface area contributed by atoms with Gasteiger partial charge in [0.2, 0.25) is 0 Å². The highest BCUT2D eigenvalue weighted by atomic mass is 16.5. The highest BCUT2D eigenvalue weighted by Crippen LogP contribution is 2.47. The molecule has 196 valence electrons. The summed E-state index contributed by atoms with van der Waals surface area (Å²) >= 11 is 0. The van der Waals surface area contributed by atoms with Gasteiger partial charge in [-0.05, 0) is 56.4 Å². The molecule has 0 fully saturated rings. The van der Waals surface area contributed by atoms with Crippen LogP contribution in [0.5, 0.6) is 11.5 Å². The largest absolute Gasteiger partial charge is 0.507 e. The zero-order chi connectivity index (χ0) is 26.6. The number of esters is 2. The average molecular weight is 515 g/mol. The molecule has 2 atom stereocenters. The van der Waals surface area contributed by atoms with Crippen LogP contribution in [0.2, 0.25) is 0 Å². The number of phenolic OH excluding ortho intramolecular Hbond substituents is 1. The Bertz CT molecular complexity index is 1380. The van der Waals surface area contributed by atoms with Gasteiger partial charge in [0.25, 0.3) is 0 Å². The van der Waals surface area contributed by atoms with E-state index in [2.05, 4.69) is 0 Å². The number of fused-ring (bicyclic) bond motifs is 2. The summed E-state index contributed by atoms with van der Waals surface area (Å²) in [7, 11) is 0. The Balaban J connectivity index is 1.57. The molecule has 3 aromatic rings. The van der Waals surface area contributed by atoms with Crippen LogP contribution in [0.1, 0.15) is 85.0 Å². The smallest absolute Gasteiger partial charge is 0.342 e. The SMILES string of the molecule is C[C@@H]1CCCC(=O)CCCC=Cc2cc3c(c(O)c2C(=O)O1)[C@@H](c1ccc(-c2ccccc2)o1)CC(=O)O3. The van der Waals surface area contributed by atoms with E-state index in [4.69, 9.17) is 13.9 Å². The van der Waals surface area contributed by atoms with Crippen LogP contribution in [0.15, 0.2) is 59.0 Å². The Hall–Kier alpha value is -4.13. The molecule has 0 saturated heterocycles. The van der Waals surface area contributed by atoms with Crippen molar-refractivity contribution in [2.45, 2.75) is 63.9 Å².